The quantitative estimate of drug-likeness (QED) is 0.830. The van der Waals surface area contributed by atoms with Gasteiger partial charge in [-0.2, -0.15) is 0 Å². The van der Waals surface area contributed by atoms with Gasteiger partial charge in [-0.25, -0.2) is 0 Å². The first-order chi connectivity index (χ1) is 10.2. The fourth-order valence-electron chi connectivity index (χ4n) is 2.12. The molecule has 1 aliphatic rings. The lowest BCUT2D eigenvalue weighted by Gasteiger charge is -2.10. The van der Waals surface area contributed by atoms with Crippen molar-refractivity contribution in [3.05, 3.63) is 58.1 Å². The van der Waals surface area contributed by atoms with Gasteiger partial charge in [-0.15, -0.1) is 0 Å². The summed E-state index contributed by atoms with van der Waals surface area (Å²) in [5.41, 5.74) is 2.08. The first kappa shape index (κ1) is 14.6. The molecule has 2 N–H and O–H groups in total. The standard InChI is InChI=1S/C17H18BrNO2/c18-17-9-16(7-4-13(17)10-19-14-5-6-14)21-15-3-1-2-12(8-15)11-20/h1-4,7-9,14,19-20H,5-6,10-11H2. The zero-order chi connectivity index (χ0) is 14.7. The Bertz CT molecular complexity index is 626. The Labute approximate surface area is 133 Å². The second kappa shape index (κ2) is 6.60. The molecule has 2 aromatic carbocycles. The molecule has 0 aromatic heterocycles. The van der Waals surface area contributed by atoms with Crippen LogP contribution < -0.4 is 10.1 Å². The predicted octanol–water partition coefficient (Wildman–Crippen LogP) is 3.99. The van der Waals surface area contributed by atoms with Crippen LogP contribution in [0.4, 0.5) is 0 Å². The van der Waals surface area contributed by atoms with Gasteiger partial charge in [-0.1, -0.05) is 34.1 Å². The highest BCUT2D eigenvalue weighted by Crippen LogP contribution is 2.28. The SMILES string of the molecule is OCc1cccc(Oc2ccc(CNC3CC3)c(Br)c2)c1. The molecule has 0 saturated heterocycles. The smallest absolute Gasteiger partial charge is 0.128 e. The van der Waals surface area contributed by atoms with E-state index in [1.165, 1.54) is 18.4 Å². The van der Waals surface area contributed by atoms with E-state index in [2.05, 4.69) is 27.3 Å². The van der Waals surface area contributed by atoms with E-state index in [1.54, 1.807) is 0 Å². The van der Waals surface area contributed by atoms with Gasteiger partial charge in [0.15, 0.2) is 0 Å². The van der Waals surface area contributed by atoms with Crippen LogP contribution in [0.5, 0.6) is 11.5 Å². The van der Waals surface area contributed by atoms with Gasteiger partial charge in [-0.05, 0) is 48.2 Å². The number of aliphatic hydroxyl groups excluding tert-OH is 1. The zero-order valence-electron chi connectivity index (χ0n) is 11.7. The minimum Gasteiger partial charge on any atom is -0.457 e. The van der Waals surface area contributed by atoms with E-state index < -0.39 is 0 Å². The Morgan fingerprint density at radius 1 is 1.14 bits per heavy atom. The second-order valence-corrected chi connectivity index (χ2v) is 6.17. The number of aliphatic hydroxyl groups is 1. The molecule has 21 heavy (non-hydrogen) atoms. The molecule has 4 heteroatoms. The Morgan fingerprint density at radius 2 is 1.95 bits per heavy atom. The van der Waals surface area contributed by atoms with Crippen molar-refractivity contribution in [3.8, 4) is 11.5 Å². The van der Waals surface area contributed by atoms with Gasteiger partial charge in [0, 0.05) is 17.1 Å². The molecule has 3 nitrogen and oxygen atoms in total. The molecule has 2 aromatic rings. The molecule has 0 spiro atoms. The first-order valence-electron chi connectivity index (χ1n) is 7.14. The summed E-state index contributed by atoms with van der Waals surface area (Å²) in [4.78, 5) is 0. The molecule has 0 amide bonds. The number of hydrogen-bond acceptors (Lipinski definition) is 3. The molecule has 0 bridgehead atoms. The molecule has 0 aliphatic heterocycles. The van der Waals surface area contributed by atoms with E-state index in [4.69, 9.17) is 9.84 Å². The summed E-state index contributed by atoms with van der Waals surface area (Å²) >= 11 is 3.60. The monoisotopic (exact) mass is 347 g/mol. The molecule has 0 unspecified atom stereocenters. The normalized spacial score (nSPS) is 14.2. The van der Waals surface area contributed by atoms with Crippen LogP contribution >= 0.6 is 15.9 Å². The Morgan fingerprint density at radius 3 is 2.67 bits per heavy atom. The molecule has 1 aliphatic carbocycles. The first-order valence-corrected chi connectivity index (χ1v) is 7.93. The van der Waals surface area contributed by atoms with Crippen molar-refractivity contribution < 1.29 is 9.84 Å². The van der Waals surface area contributed by atoms with Crippen LogP contribution in [0, 0.1) is 0 Å². The summed E-state index contributed by atoms with van der Waals surface area (Å²) < 4.78 is 6.88. The van der Waals surface area contributed by atoms with Crippen LogP contribution in [0.15, 0.2) is 46.9 Å². The Kier molecular flexibility index (Phi) is 4.58. The maximum Gasteiger partial charge on any atom is 0.128 e. The Hall–Kier alpha value is -1.36. The van der Waals surface area contributed by atoms with Crippen LogP contribution in [0.2, 0.25) is 0 Å². The summed E-state index contributed by atoms with van der Waals surface area (Å²) in [5.74, 6) is 1.52. The molecule has 1 saturated carbocycles. The highest BCUT2D eigenvalue weighted by atomic mass is 79.9. The molecule has 110 valence electrons. The van der Waals surface area contributed by atoms with E-state index >= 15 is 0 Å². The predicted molar refractivity (Wildman–Crippen MR) is 86.4 cm³/mol. The van der Waals surface area contributed by atoms with E-state index in [0.29, 0.717) is 6.04 Å². The van der Waals surface area contributed by atoms with Gasteiger partial charge in [0.05, 0.1) is 6.61 Å². The molecule has 0 radical (unpaired) electrons. The van der Waals surface area contributed by atoms with Gasteiger partial charge in [0.1, 0.15) is 11.5 Å². The maximum atomic E-state index is 9.15. The van der Waals surface area contributed by atoms with Gasteiger partial charge < -0.3 is 15.2 Å². The van der Waals surface area contributed by atoms with Crippen molar-refractivity contribution in [3.63, 3.8) is 0 Å². The summed E-state index contributed by atoms with van der Waals surface area (Å²) in [6.07, 6.45) is 2.58. The van der Waals surface area contributed by atoms with Gasteiger partial charge in [0.2, 0.25) is 0 Å². The van der Waals surface area contributed by atoms with Crippen LogP contribution in [0.3, 0.4) is 0 Å². The van der Waals surface area contributed by atoms with Crippen LogP contribution in [0.1, 0.15) is 24.0 Å². The highest BCUT2D eigenvalue weighted by molar-refractivity contribution is 9.10. The van der Waals surface area contributed by atoms with Crippen molar-refractivity contribution in [1.82, 2.24) is 5.32 Å². The van der Waals surface area contributed by atoms with E-state index in [-0.39, 0.29) is 6.61 Å². The van der Waals surface area contributed by atoms with E-state index in [9.17, 15) is 0 Å². The average Bonchev–Trinajstić information content (AvgIpc) is 3.31. The number of ether oxygens (including phenoxy) is 1. The average molecular weight is 348 g/mol. The van der Waals surface area contributed by atoms with Crippen LogP contribution in [-0.2, 0) is 13.2 Å². The Balaban J connectivity index is 1.68. The number of nitrogens with one attached hydrogen (secondary N) is 1. The third-order valence-electron chi connectivity index (χ3n) is 3.50. The third kappa shape index (κ3) is 4.06. The van der Waals surface area contributed by atoms with E-state index in [1.807, 2.05) is 36.4 Å². The minimum absolute atomic E-state index is 0.0205. The van der Waals surface area contributed by atoms with E-state index in [0.717, 1.165) is 28.1 Å². The van der Waals surface area contributed by atoms with Crippen molar-refractivity contribution in [2.75, 3.05) is 0 Å². The van der Waals surface area contributed by atoms with Gasteiger partial charge in [-0.3, -0.25) is 0 Å². The van der Waals surface area contributed by atoms with Crippen molar-refractivity contribution in [2.45, 2.75) is 32.0 Å². The summed E-state index contributed by atoms with van der Waals surface area (Å²) in [6.45, 7) is 0.901. The fourth-order valence-corrected chi connectivity index (χ4v) is 2.62. The number of hydrogen-bond donors (Lipinski definition) is 2. The lowest BCUT2D eigenvalue weighted by atomic mass is 10.2. The molecule has 0 heterocycles. The third-order valence-corrected chi connectivity index (χ3v) is 4.24. The highest BCUT2D eigenvalue weighted by Gasteiger charge is 2.20. The number of halogens is 1. The maximum absolute atomic E-state index is 9.15. The summed E-state index contributed by atoms with van der Waals surface area (Å²) in [5, 5.41) is 12.6. The molecular weight excluding hydrogens is 330 g/mol. The largest absolute Gasteiger partial charge is 0.457 e. The molecule has 0 atom stereocenters. The van der Waals surface area contributed by atoms with Gasteiger partial charge >= 0.3 is 0 Å². The molecule has 3 rings (SSSR count). The van der Waals surface area contributed by atoms with Crippen LogP contribution in [0.25, 0.3) is 0 Å². The topological polar surface area (TPSA) is 41.5 Å². The van der Waals surface area contributed by atoms with Gasteiger partial charge in [0.25, 0.3) is 0 Å². The van der Waals surface area contributed by atoms with Crippen molar-refractivity contribution >= 4 is 15.9 Å². The van der Waals surface area contributed by atoms with Crippen LogP contribution in [-0.4, -0.2) is 11.1 Å². The number of benzene rings is 2. The lowest BCUT2D eigenvalue weighted by Crippen LogP contribution is -2.15. The van der Waals surface area contributed by atoms with Crippen molar-refractivity contribution in [2.24, 2.45) is 0 Å². The zero-order valence-corrected chi connectivity index (χ0v) is 13.3. The fraction of sp³-hybridized carbons (Fsp3) is 0.294. The number of rotatable bonds is 6. The molecular formula is C17H18BrNO2. The summed E-state index contributed by atoms with van der Waals surface area (Å²) in [7, 11) is 0. The van der Waals surface area contributed by atoms with Crippen molar-refractivity contribution in [1.29, 1.82) is 0 Å². The second-order valence-electron chi connectivity index (χ2n) is 5.32. The molecule has 1 fully saturated rings. The summed E-state index contributed by atoms with van der Waals surface area (Å²) in [6, 6.07) is 14.2. The minimum atomic E-state index is 0.0205. The lowest BCUT2D eigenvalue weighted by molar-refractivity contribution is 0.281.